The first-order valence-corrected chi connectivity index (χ1v) is 12.4. The van der Waals surface area contributed by atoms with Crippen molar-refractivity contribution in [2.45, 2.75) is 71.6 Å². The fourth-order valence-electron chi connectivity index (χ4n) is 7.90. The number of halogens is 1. The predicted molar refractivity (Wildman–Crippen MR) is 129 cm³/mol. The Morgan fingerprint density at radius 3 is 2.19 bits per heavy atom. The minimum absolute atomic E-state index is 0.110. The third-order valence-electron chi connectivity index (χ3n) is 9.34. The molecule has 4 bridgehead atoms. The SMILES string of the molecule is [2H]c1c(C)[n+](C)c(-c2cc(C)c(F)c(C)c2C)c2ccc(C34CC5CC(CC(C5)C3)C4)cc12. The van der Waals surface area contributed by atoms with E-state index >= 15 is 0 Å². The van der Waals surface area contributed by atoms with Crippen molar-refractivity contribution in [2.24, 2.45) is 24.8 Å². The number of fused-ring (bicyclic) bond motifs is 1. The largest absolute Gasteiger partial charge is 0.220 e. The summed E-state index contributed by atoms with van der Waals surface area (Å²) >= 11 is 0. The Morgan fingerprint density at radius 1 is 0.938 bits per heavy atom. The fourth-order valence-corrected chi connectivity index (χ4v) is 7.90. The van der Waals surface area contributed by atoms with Crippen LogP contribution in [-0.2, 0) is 12.5 Å². The highest BCUT2D eigenvalue weighted by Gasteiger charge is 2.51. The zero-order valence-electron chi connectivity index (χ0n) is 21.1. The van der Waals surface area contributed by atoms with Gasteiger partial charge in [0.15, 0.2) is 5.69 Å². The van der Waals surface area contributed by atoms with E-state index in [1.807, 2.05) is 40.8 Å². The van der Waals surface area contributed by atoms with Crippen LogP contribution in [0.4, 0.5) is 4.39 Å². The molecule has 7 rings (SSSR count). The average molecular weight is 430 g/mol. The van der Waals surface area contributed by atoms with Crippen LogP contribution in [0.25, 0.3) is 22.0 Å². The molecule has 2 aromatic carbocycles. The monoisotopic (exact) mass is 429 g/mol. The van der Waals surface area contributed by atoms with Gasteiger partial charge in [0.1, 0.15) is 12.9 Å². The molecule has 0 unspecified atom stereocenters. The van der Waals surface area contributed by atoms with Gasteiger partial charge in [-0.2, -0.15) is 4.57 Å². The zero-order chi connectivity index (χ0) is 23.2. The maximum absolute atomic E-state index is 14.6. The summed E-state index contributed by atoms with van der Waals surface area (Å²) in [6.45, 7) is 7.79. The molecule has 1 nitrogen and oxygen atoms in total. The smallest absolute Gasteiger partial charge is 0.206 e. The molecule has 0 amide bonds. The van der Waals surface area contributed by atoms with E-state index in [9.17, 15) is 4.39 Å². The summed E-state index contributed by atoms with van der Waals surface area (Å²) in [4.78, 5) is 0. The van der Waals surface area contributed by atoms with Crippen LogP contribution < -0.4 is 4.57 Å². The van der Waals surface area contributed by atoms with Crippen molar-refractivity contribution in [1.82, 2.24) is 0 Å². The van der Waals surface area contributed by atoms with Crippen LogP contribution in [0.3, 0.4) is 0 Å². The highest BCUT2D eigenvalue weighted by atomic mass is 19.1. The third kappa shape index (κ3) is 2.84. The summed E-state index contributed by atoms with van der Waals surface area (Å²) in [6, 6.07) is 9.61. The molecule has 32 heavy (non-hydrogen) atoms. The first kappa shape index (κ1) is 19.3. The van der Waals surface area contributed by atoms with Gasteiger partial charge in [-0.3, -0.25) is 0 Å². The molecule has 166 valence electrons. The second-order valence-electron chi connectivity index (χ2n) is 11.4. The molecule has 4 saturated carbocycles. The van der Waals surface area contributed by atoms with Crippen LogP contribution in [0.5, 0.6) is 0 Å². The van der Waals surface area contributed by atoms with Crippen molar-refractivity contribution in [3.63, 3.8) is 0 Å². The van der Waals surface area contributed by atoms with Crippen LogP contribution in [0.1, 0.15) is 67.8 Å². The maximum atomic E-state index is 14.6. The fraction of sp³-hybridized carbons (Fsp3) is 0.500. The van der Waals surface area contributed by atoms with Gasteiger partial charge in [0, 0.05) is 13.0 Å². The summed E-state index contributed by atoms with van der Waals surface area (Å²) in [5.41, 5.74) is 7.29. The maximum Gasteiger partial charge on any atom is 0.220 e. The molecular formula is C30H35FN+. The lowest BCUT2D eigenvalue weighted by Crippen LogP contribution is -2.48. The topological polar surface area (TPSA) is 3.88 Å². The summed E-state index contributed by atoms with van der Waals surface area (Å²) in [6.07, 6.45) is 8.33. The van der Waals surface area contributed by atoms with Crippen LogP contribution in [0.15, 0.2) is 30.3 Å². The molecule has 4 fully saturated rings. The number of rotatable bonds is 2. The van der Waals surface area contributed by atoms with Crippen molar-refractivity contribution < 1.29 is 10.3 Å². The molecule has 4 aliphatic carbocycles. The molecule has 1 aromatic heterocycles. The first-order chi connectivity index (χ1) is 15.7. The predicted octanol–water partition coefficient (Wildman–Crippen LogP) is 7.17. The molecule has 3 aromatic rings. The van der Waals surface area contributed by atoms with Gasteiger partial charge in [-0.05, 0) is 122 Å². The van der Waals surface area contributed by atoms with Crippen LogP contribution >= 0.6 is 0 Å². The lowest BCUT2D eigenvalue weighted by molar-refractivity contribution is -0.665. The number of pyridine rings is 1. The van der Waals surface area contributed by atoms with Gasteiger partial charge in [-0.15, -0.1) is 0 Å². The highest BCUT2D eigenvalue weighted by Crippen LogP contribution is 2.60. The summed E-state index contributed by atoms with van der Waals surface area (Å²) in [7, 11) is 2.04. The first-order valence-electron chi connectivity index (χ1n) is 12.9. The van der Waals surface area contributed by atoms with Gasteiger partial charge >= 0.3 is 0 Å². The summed E-state index contributed by atoms with van der Waals surface area (Å²) < 4.78 is 25.8. The molecule has 1 heterocycles. The minimum atomic E-state index is -0.110. The van der Waals surface area contributed by atoms with E-state index in [0.717, 1.165) is 56.6 Å². The van der Waals surface area contributed by atoms with Crippen molar-refractivity contribution in [1.29, 1.82) is 0 Å². The van der Waals surface area contributed by atoms with E-state index in [0.29, 0.717) is 17.0 Å². The van der Waals surface area contributed by atoms with Crippen molar-refractivity contribution in [2.75, 3.05) is 0 Å². The van der Waals surface area contributed by atoms with Gasteiger partial charge < -0.3 is 0 Å². The number of benzene rings is 2. The van der Waals surface area contributed by atoms with Crippen molar-refractivity contribution in [3.8, 4) is 11.3 Å². The van der Waals surface area contributed by atoms with Crippen molar-refractivity contribution in [3.05, 3.63) is 64.1 Å². The lowest BCUT2D eigenvalue weighted by atomic mass is 9.48. The molecule has 0 N–H and O–H groups in total. The number of aromatic nitrogens is 1. The van der Waals surface area contributed by atoms with E-state index in [2.05, 4.69) is 22.8 Å². The number of hydrogen-bond donors (Lipinski definition) is 0. The van der Waals surface area contributed by atoms with E-state index in [1.165, 1.54) is 44.1 Å². The number of nitrogens with zero attached hydrogens (tertiary/aromatic N) is 1. The van der Waals surface area contributed by atoms with Crippen LogP contribution in [0, 0.1) is 51.3 Å². The molecule has 2 heteroatoms. The zero-order valence-corrected chi connectivity index (χ0v) is 20.1. The summed E-state index contributed by atoms with van der Waals surface area (Å²) in [5, 5.41) is 2.16. The second kappa shape index (κ2) is 6.89. The van der Waals surface area contributed by atoms with Gasteiger partial charge in [-0.25, -0.2) is 4.39 Å². The lowest BCUT2D eigenvalue weighted by Gasteiger charge is -2.57. The molecule has 0 atom stereocenters. The highest BCUT2D eigenvalue weighted by molar-refractivity contribution is 5.94. The molecule has 0 spiro atoms. The molecule has 0 radical (unpaired) electrons. The van der Waals surface area contributed by atoms with Gasteiger partial charge in [-0.1, -0.05) is 12.1 Å². The quantitative estimate of drug-likeness (QED) is 0.380. The third-order valence-corrected chi connectivity index (χ3v) is 9.34. The molecular weight excluding hydrogens is 393 g/mol. The molecule has 0 saturated heterocycles. The second-order valence-corrected chi connectivity index (χ2v) is 11.4. The van der Waals surface area contributed by atoms with Gasteiger partial charge in [0.2, 0.25) is 5.69 Å². The van der Waals surface area contributed by atoms with Crippen LogP contribution in [0.2, 0.25) is 0 Å². The van der Waals surface area contributed by atoms with Gasteiger partial charge in [0.05, 0.1) is 12.3 Å². The minimum Gasteiger partial charge on any atom is -0.206 e. The van der Waals surface area contributed by atoms with E-state index in [-0.39, 0.29) is 5.82 Å². The number of aryl methyl sites for hydroxylation is 1. The Labute approximate surface area is 193 Å². The normalized spacial score (nSPS) is 29.1. The standard InChI is InChI=1S/C30H35FN/c1-17-8-27(19(3)20(4)28(17)31)29-26-7-6-25(13-24(26)9-18(2)32(29)5)30-14-21-10-22(15-30)12-23(11-21)16-30/h6-9,13,21-23H,10-12,14-16H2,1-5H3/q+1/i9D. The van der Waals surface area contributed by atoms with E-state index in [4.69, 9.17) is 1.37 Å². The van der Waals surface area contributed by atoms with Crippen molar-refractivity contribution >= 4 is 10.8 Å². The summed E-state index contributed by atoms with van der Waals surface area (Å²) in [5.74, 6) is 2.60. The van der Waals surface area contributed by atoms with E-state index < -0.39 is 0 Å². The Kier molecular flexibility index (Phi) is 4.15. The average Bonchev–Trinajstić information content (AvgIpc) is 2.78. The Bertz CT molecular complexity index is 1290. The molecule has 0 aliphatic heterocycles. The Morgan fingerprint density at radius 2 is 1.56 bits per heavy atom. The molecule has 4 aliphatic rings. The Balaban J connectivity index is 1.58. The van der Waals surface area contributed by atoms with Crippen LogP contribution in [-0.4, -0.2) is 0 Å². The number of hydrogen-bond acceptors (Lipinski definition) is 0. The van der Waals surface area contributed by atoms with E-state index in [1.54, 1.807) is 0 Å². The Hall–Kier alpha value is -2.22. The van der Waals surface area contributed by atoms with Gasteiger partial charge in [0.25, 0.3) is 0 Å².